The second kappa shape index (κ2) is 6.50. The number of ether oxygens (including phenoxy) is 1. The molecule has 1 aliphatic heterocycles. The van der Waals surface area contributed by atoms with Crippen LogP contribution in [0.1, 0.15) is 44.3 Å². The summed E-state index contributed by atoms with van der Waals surface area (Å²) in [6.07, 6.45) is 6.74. The number of hydrogen-bond donors (Lipinski definition) is 1. The minimum atomic E-state index is 0.219. The molecule has 5 nitrogen and oxygen atoms in total. The SMILES string of the molecule is CC(C)n1cc(C(CN)N(C)CC2CCCO2)cn1. The standard InChI is InChI=1S/C14H26N4O/c1-11(2)18-9-12(8-16-18)14(7-15)17(3)10-13-5-4-6-19-13/h8-9,11,13-14H,4-7,10,15H2,1-3H3. The third kappa shape index (κ3) is 3.55. The highest BCUT2D eigenvalue weighted by molar-refractivity contribution is 5.11. The van der Waals surface area contributed by atoms with Gasteiger partial charge < -0.3 is 10.5 Å². The Balaban J connectivity index is 2.00. The Bertz CT molecular complexity index is 385. The maximum atomic E-state index is 5.95. The van der Waals surface area contributed by atoms with E-state index in [0.717, 1.165) is 19.6 Å². The molecule has 0 radical (unpaired) electrons. The number of nitrogens with two attached hydrogens (primary N) is 1. The molecule has 2 heterocycles. The number of aromatic nitrogens is 2. The summed E-state index contributed by atoms with van der Waals surface area (Å²) in [6.45, 7) is 6.70. The van der Waals surface area contributed by atoms with Gasteiger partial charge in [-0.1, -0.05) is 0 Å². The number of hydrogen-bond acceptors (Lipinski definition) is 4. The van der Waals surface area contributed by atoms with Gasteiger partial charge in [0.25, 0.3) is 0 Å². The highest BCUT2D eigenvalue weighted by Crippen LogP contribution is 2.21. The maximum Gasteiger partial charge on any atom is 0.0702 e. The van der Waals surface area contributed by atoms with E-state index in [9.17, 15) is 0 Å². The molecule has 19 heavy (non-hydrogen) atoms. The van der Waals surface area contributed by atoms with E-state index in [2.05, 4.69) is 37.1 Å². The lowest BCUT2D eigenvalue weighted by molar-refractivity contribution is 0.0689. The van der Waals surface area contributed by atoms with Crippen LogP contribution in [0.25, 0.3) is 0 Å². The molecular weight excluding hydrogens is 240 g/mol. The quantitative estimate of drug-likeness (QED) is 0.849. The van der Waals surface area contributed by atoms with Gasteiger partial charge in [-0.3, -0.25) is 9.58 Å². The summed E-state index contributed by atoms with van der Waals surface area (Å²) >= 11 is 0. The highest BCUT2D eigenvalue weighted by atomic mass is 16.5. The van der Waals surface area contributed by atoms with Crippen LogP contribution in [-0.4, -0.2) is 47.5 Å². The van der Waals surface area contributed by atoms with Crippen molar-refractivity contribution >= 4 is 0 Å². The van der Waals surface area contributed by atoms with Crippen molar-refractivity contribution in [1.82, 2.24) is 14.7 Å². The lowest BCUT2D eigenvalue weighted by atomic mass is 10.1. The van der Waals surface area contributed by atoms with Crippen LogP contribution in [0.15, 0.2) is 12.4 Å². The molecule has 2 rings (SSSR count). The van der Waals surface area contributed by atoms with Crippen LogP contribution >= 0.6 is 0 Å². The second-order valence-corrected chi connectivity index (χ2v) is 5.67. The predicted octanol–water partition coefficient (Wildman–Crippen LogP) is 1.57. The molecule has 2 unspecified atom stereocenters. The fraction of sp³-hybridized carbons (Fsp3) is 0.786. The van der Waals surface area contributed by atoms with Gasteiger partial charge in [0.15, 0.2) is 0 Å². The van der Waals surface area contributed by atoms with Crippen molar-refractivity contribution in [3.8, 4) is 0 Å². The van der Waals surface area contributed by atoms with Gasteiger partial charge in [-0.2, -0.15) is 5.10 Å². The Morgan fingerprint density at radius 2 is 2.37 bits per heavy atom. The van der Waals surface area contributed by atoms with Crippen molar-refractivity contribution in [3.63, 3.8) is 0 Å². The van der Waals surface area contributed by atoms with Crippen molar-refractivity contribution in [3.05, 3.63) is 18.0 Å². The minimum absolute atomic E-state index is 0.219. The molecule has 5 heteroatoms. The molecule has 2 N–H and O–H groups in total. The first-order valence-electron chi connectivity index (χ1n) is 7.17. The third-order valence-corrected chi connectivity index (χ3v) is 3.81. The lowest BCUT2D eigenvalue weighted by Gasteiger charge is -2.28. The summed E-state index contributed by atoms with van der Waals surface area (Å²) in [4.78, 5) is 2.29. The van der Waals surface area contributed by atoms with E-state index in [-0.39, 0.29) is 6.04 Å². The van der Waals surface area contributed by atoms with E-state index in [1.54, 1.807) is 0 Å². The van der Waals surface area contributed by atoms with Crippen LogP contribution in [0, 0.1) is 0 Å². The molecule has 0 bridgehead atoms. The smallest absolute Gasteiger partial charge is 0.0702 e. The molecule has 1 fully saturated rings. The van der Waals surface area contributed by atoms with Gasteiger partial charge in [-0.15, -0.1) is 0 Å². The summed E-state index contributed by atoms with van der Waals surface area (Å²) in [5, 5.41) is 4.40. The average Bonchev–Trinajstić information content (AvgIpc) is 3.01. The summed E-state index contributed by atoms with van der Waals surface area (Å²) in [7, 11) is 2.12. The Morgan fingerprint density at radius 3 is 2.89 bits per heavy atom. The average molecular weight is 266 g/mol. The fourth-order valence-corrected chi connectivity index (χ4v) is 2.61. The van der Waals surface area contributed by atoms with Crippen molar-refractivity contribution in [2.24, 2.45) is 5.73 Å². The zero-order valence-corrected chi connectivity index (χ0v) is 12.2. The first-order chi connectivity index (χ1) is 9.11. The molecule has 1 aromatic rings. The van der Waals surface area contributed by atoms with Gasteiger partial charge in [0.2, 0.25) is 0 Å². The van der Waals surface area contributed by atoms with Crippen molar-refractivity contribution in [1.29, 1.82) is 0 Å². The normalized spacial score (nSPS) is 21.5. The van der Waals surface area contributed by atoms with Gasteiger partial charge in [-0.05, 0) is 33.7 Å². The third-order valence-electron chi connectivity index (χ3n) is 3.81. The summed E-state index contributed by atoms with van der Waals surface area (Å²) < 4.78 is 7.68. The predicted molar refractivity (Wildman–Crippen MR) is 76.0 cm³/mol. The lowest BCUT2D eigenvalue weighted by Crippen LogP contribution is -2.35. The molecule has 2 atom stereocenters. The molecule has 1 saturated heterocycles. The topological polar surface area (TPSA) is 56.3 Å². The maximum absolute atomic E-state index is 5.95. The molecule has 0 saturated carbocycles. The van der Waals surface area contributed by atoms with Crippen LogP contribution in [-0.2, 0) is 4.74 Å². The van der Waals surface area contributed by atoms with Crippen molar-refractivity contribution in [2.75, 3.05) is 26.7 Å². The second-order valence-electron chi connectivity index (χ2n) is 5.67. The van der Waals surface area contributed by atoms with Gasteiger partial charge in [0.05, 0.1) is 12.3 Å². The Kier molecular flexibility index (Phi) is 4.96. The van der Waals surface area contributed by atoms with Crippen LogP contribution in [0.5, 0.6) is 0 Å². The minimum Gasteiger partial charge on any atom is -0.377 e. The summed E-state index contributed by atoms with van der Waals surface area (Å²) in [5.74, 6) is 0. The Hall–Kier alpha value is -0.910. The molecule has 0 amide bonds. The monoisotopic (exact) mass is 266 g/mol. The van der Waals surface area contributed by atoms with Crippen molar-refractivity contribution < 1.29 is 4.74 Å². The van der Waals surface area contributed by atoms with Crippen LogP contribution in [0.2, 0.25) is 0 Å². The molecule has 1 aliphatic rings. The van der Waals surface area contributed by atoms with Crippen LogP contribution in [0.4, 0.5) is 0 Å². The van der Waals surface area contributed by atoms with E-state index < -0.39 is 0 Å². The van der Waals surface area contributed by atoms with E-state index in [1.807, 2.05) is 10.9 Å². The zero-order chi connectivity index (χ0) is 13.8. The zero-order valence-electron chi connectivity index (χ0n) is 12.2. The van der Waals surface area contributed by atoms with Crippen molar-refractivity contribution in [2.45, 2.75) is 44.9 Å². The molecule has 0 aliphatic carbocycles. The molecule has 108 valence electrons. The Morgan fingerprint density at radius 1 is 1.58 bits per heavy atom. The highest BCUT2D eigenvalue weighted by Gasteiger charge is 2.23. The van der Waals surface area contributed by atoms with E-state index in [0.29, 0.717) is 18.7 Å². The van der Waals surface area contributed by atoms with E-state index in [1.165, 1.54) is 12.0 Å². The van der Waals surface area contributed by atoms with Gasteiger partial charge in [0, 0.05) is 43.5 Å². The first kappa shape index (κ1) is 14.5. The molecule has 0 aromatic carbocycles. The fourth-order valence-electron chi connectivity index (χ4n) is 2.61. The van der Waals surface area contributed by atoms with Crippen LogP contribution in [0.3, 0.4) is 0 Å². The van der Waals surface area contributed by atoms with E-state index in [4.69, 9.17) is 10.5 Å². The molecular formula is C14H26N4O. The molecule has 0 spiro atoms. The summed E-state index contributed by atoms with van der Waals surface area (Å²) in [5.41, 5.74) is 7.14. The van der Waals surface area contributed by atoms with Gasteiger partial charge in [0.1, 0.15) is 0 Å². The van der Waals surface area contributed by atoms with Crippen LogP contribution < -0.4 is 5.73 Å². The number of nitrogens with zero attached hydrogens (tertiary/aromatic N) is 3. The first-order valence-corrected chi connectivity index (χ1v) is 7.17. The largest absolute Gasteiger partial charge is 0.377 e. The van der Waals surface area contributed by atoms with Gasteiger partial charge >= 0.3 is 0 Å². The van der Waals surface area contributed by atoms with Gasteiger partial charge in [-0.25, -0.2) is 0 Å². The number of likely N-dealkylation sites (N-methyl/N-ethyl adjacent to an activating group) is 1. The number of rotatable bonds is 6. The Labute approximate surface area is 115 Å². The molecule has 1 aromatic heterocycles. The summed E-state index contributed by atoms with van der Waals surface area (Å²) in [6, 6.07) is 0.604. The van der Waals surface area contributed by atoms with E-state index >= 15 is 0 Å².